The zero-order valence-electron chi connectivity index (χ0n) is 27.2. The van der Waals surface area contributed by atoms with Gasteiger partial charge in [-0.2, -0.15) is 0 Å². The predicted molar refractivity (Wildman–Crippen MR) is 175 cm³/mol. The van der Waals surface area contributed by atoms with Crippen LogP contribution >= 0.6 is 0 Å². The Bertz CT molecular complexity index is 1880. The topological polar surface area (TPSA) is 117 Å². The Morgan fingerprint density at radius 2 is 1.49 bits per heavy atom. The maximum absolute atomic E-state index is 14.3. The highest BCUT2D eigenvalue weighted by molar-refractivity contribution is 6.04. The number of aliphatic hydroxyl groups excluding tert-OH is 1. The summed E-state index contributed by atoms with van der Waals surface area (Å²) in [4.78, 5) is 27.8. The van der Waals surface area contributed by atoms with E-state index < -0.39 is 57.9 Å². The number of hydrogen-bond acceptors (Lipinski definition) is 8. The molecule has 0 saturated carbocycles. The second kappa shape index (κ2) is 15.1. The normalized spacial score (nSPS) is 21.0. The van der Waals surface area contributed by atoms with E-state index in [0.717, 1.165) is 16.8 Å². The molecule has 2 aliphatic rings. The van der Waals surface area contributed by atoms with Crippen molar-refractivity contribution in [3.63, 3.8) is 0 Å². The van der Waals surface area contributed by atoms with E-state index in [-0.39, 0.29) is 30.0 Å². The number of amides is 1. The number of rotatable bonds is 9. The number of non-ortho nitro benzene ring substituents is 1. The van der Waals surface area contributed by atoms with E-state index >= 15 is 0 Å². The van der Waals surface area contributed by atoms with Gasteiger partial charge in [0.1, 0.15) is 5.56 Å². The molecule has 0 spiro atoms. The van der Waals surface area contributed by atoms with Crippen molar-refractivity contribution < 1.29 is 46.3 Å². The number of halogens is 5. The van der Waals surface area contributed by atoms with E-state index in [1.165, 1.54) is 30.3 Å². The van der Waals surface area contributed by atoms with Gasteiger partial charge in [-0.15, -0.1) is 0 Å². The molecule has 268 valence electrons. The number of carbonyl (C=O) groups excluding carboxylic acids is 1. The first-order valence-corrected chi connectivity index (χ1v) is 16.1. The van der Waals surface area contributed by atoms with E-state index in [2.05, 4.69) is 15.1 Å². The summed E-state index contributed by atoms with van der Waals surface area (Å²) < 4.78 is 82.7. The number of ether oxygens (including phenoxy) is 2. The summed E-state index contributed by atoms with van der Waals surface area (Å²) in [6.45, 7) is 5.11. The monoisotopic (exact) mass is 712 g/mol. The van der Waals surface area contributed by atoms with Gasteiger partial charge in [0.15, 0.2) is 29.6 Å². The molecule has 4 aromatic carbocycles. The molecule has 0 aromatic heterocycles. The SMILES string of the molecule is CC1C(CN2CCN(c3ccc([N+](=O)[O-])cc3)CC2)OC(c2cccc(NC(=O)c3c(F)c(F)c(F)c(F)c3F)c2)OC1c1ccc(CO)cc1. The third-order valence-corrected chi connectivity index (χ3v) is 9.21. The second-order valence-electron chi connectivity index (χ2n) is 12.4. The average Bonchev–Trinajstić information content (AvgIpc) is 3.14. The highest BCUT2D eigenvalue weighted by Gasteiger charge is 2.40. The maximum atomic E-state index is 14.3. The molecule has 1 amide bonds. The summed E-state index contributed by atoms with van der Waals surface area (Å²) in [5, 5.41) is 22.8. The summed E-state index contributed by atoms with van der Waals surface area (Å²) in [5.74, 6) is -13.0. The minimum atomic E-state index is -2.37. The molecule has 0 bridgehead atoms. The molecule has 2 fully saturated rings. The lowest BCUT2D eigenvalue weighted by Crippen LogP contribution is -2.51. The van der Waals surface area contributed by atoms with Crippen LogP contribution in [0.2, 0.25) is 0 Å². The molecule has 51 heavy (non-hydrogen) atoms. The van der Waals surface area contributed by atoms with Crippen LogP contribution in [-0.4, -0.2) is 59.7 Å². The fraction of sp³-hybridized carbons (Fsp3) is 0.306. The van der Waals surface area contributed by atoms with Crippen molar-refractivity contribution in [2.75, 3.05) is 42.9 Å². The number of hydrogen-bond donors (Lipinski definition) is 2. The highest BCUT2D eigenvalue weighted by atomic mass is 19.2. The number of nitrogens with zero attached hydrogens (tertiary/aromatic N) is 3. The predicted octanol–water partition coefficient (Wildman–Crippen LogP) is 6.65. The minimum Gasteiger partial charge on any atom is -0.392 e. The fourth-order valence-electron chi connectivity index (χ4n) is 6.32. The number of piperazine rings is 1. The third kappa shape index (κ3) is 7.56. The van der Waals surface area contributed by atoms with E-state index in [4.69, 9.17) is 9.47 Å². The van der Waals surface area contributed by atoms with Gasteiger partial charge in [-0.25, -0.2) is 22.0 Å². The van der Waals surface area contributed by atoms with Gasteiger partial charge >= 0.3 is 0 Å². The lowest BCUT2D eigenvalue weighted by atomic mass is 9.90. The Balaban J connectivity index is 1.21. The van der Waals surface area contributed by atoms with Gasteiger partial charge < -0.3 is 24.8 Å². The van der Waals surface area contributed by atoms with Gasteiger partial charge in [0, 0.05) is 67.7 Å². The van der Waals surface area contributed by atoms with Crippen LogP contribution in [0, 0.1) is 45.1 Å². The molecule has 0 radical (unpaired) electrons. The van der Waals surface area contributed by atoms with Crippen molar-refractivity contribution in [3.8, 4) is 0 Å². The van der Waals surface area contributed by atoms with Gasteiger partial charge in [-0.1, -0.05) is 43.3 Å². The molecule has 15 heteroatoms. The number of nitrogens with one attached hydrogen (secondary N) is 1. The van der Waals surface area contributed by atoms with E-state index in [9.17, 15) is 42.0 Å². The molecule has 2 saturated heterocycles. The largest absolute Gasteiger partial charge is 0.392 e. The third-order valence-electron chi connectivity index (χ3n) is 9.21. The highest BCUT2D eigenvalue weighted by Crippen LogP contribution is 2.42. The van der Waals surface area contributed by atoms with Gasteiger partial charge in [0.2, 0.25) is 5.82 Å². The average molecular weight is 713 g/mol. The molecule has 10 nitrogen and oxygen atoms in total. The molecular formula is C36H33F5N4O6. The summed E-state index contributed by atoms with van der Waals surface area (Å²) >= 11 is 0. The van der Waals surface area contributed by atoms with Crippen LogP contribution in [0.15, 0.2) is 72.8 Å². The molecule has 2 heterocycles. The minimum absolute atomic E-state index is 0.00460. The molecule has 4 atom stereocenters. The molecule has 4 unspecified atom stereocenters. The zero-order valence-corrected chi connectivity index (χ0v) is 27.2. The molecule has 6 rings (SSSR count). The van der Waals surface area contributed by atoms with Gasteiger partial charge in [0.25, 0.3) is 11.6 Å². The number of aliphatic hydroxyl groups is 1. The second-order valence-corrected chi connectivity index (χ2v) is 12.4. The van der Waals surface area contributed by atoms with Crippen LogP contribution in [-0.2, 0) is 16.1 Å². The van der Waals surface area contributed by atoms with Crippen LogP contribution < -0.4 is 10.2 Å². The smallest absolute Gasteiger partial charge is 0.269 e. The molecule has 0 aliphatic carbocycles. The summed E-state index contributed by atoms with van der Waals surface area (Å²) in [6, 6.07) is 19.7. The van der Waals surface area contributed by atoms with Crippen LogP contribution in [0.4, 0.5) is 39.0 Å². The lowest BCUT2D eigenvalue weighted by molar-refractivity contribution is -0.384. The van der Waals surface area contributed by atoms with Crippen molar-refractivity contribution in [1.82, 2.24) is 4.90 Å². The first-order valence-electron chi connectivity index (χ1n) is 16.1. The van der Waals surface area contributed by atoms with Crippen LogP contribution in [0.1, 0.15) is 46.4 Å². The Kier molecular flexibility index (Phi) is 10.6. The number of benzene rings is 4. The quantitative estimate of drug-likeness (QED) is 0.0652. The molecule has 4 aromatic rings. The van der Waals surface area contributed by atoms with Crippen LogP contribution in [0.3, 0.4) is 0 Å². The maximum Gasteiger partial charge on any atom is 0.269 e. The van der Waals surface area contributed by atoms with Crippen molar-refractivity contribution in [1.29, 1.82) is 0 Å². The van der Waals surface area contributed by atoms with E-state index in [0.29, 0.717) is 38.3 Å². The number of nitro benzene ring substituents is 1. The molecular weight excluding hydrogens is 679 g/mol. The molecule has 2 N–H and O–H groups in total. The number of carbonyl (C=O) groups is 1. The van der Waals surface area contributed by atoms with Crippen molar-refractivity contribution >= 4 is 23.0 Å². The van der Waals surface area contributed by atoms with Gasteiger partial charge in [0.05, 0.1) is 23.7 Å². The number of anilines is 2. The van der Waals surface area contributed by atoms with Gasteiger partial charge in [-0.05, 0) is 35.4 Å². The Morgan fingerprint density at radius 1 is 0.863 bits per heavy atom. The number of nitro groups is 1. The Morgan fingerprint density at radius 3 is 2.10 bits per heavy atom. The standard InChI is InChI=1S/C36H33F5N4O6/c1-20-27(18-43-13-15-44(16-14-43)25-9-11-26(12-10-25)45(48)49)50-36(51-34(20)22-7-5-21(19-46)6-8-22)23-3-2-4-24(17-23)42-35(47)28-29(37)31(39)33(41)32(40)30(28)38/h2-12,17,20,27,34,36,46H,13-16,18-19H2,1H3,(H,42,47). The zero-order chi connectivity index (χ0) is 36.4. The first kappa shape index (κ1) is 35.9. The summed E-state index contributed by atoms with van der Waals surface area (Å²) in [6.07, 6.45) is -1.83. The summed E-state index contributed by atoms with van der Waals surface area (Å²) in [5.41, 5.74) is 1.25. The van der Waals surface area contributed by atoms with Crippen LogP contribution in [0.25, 0.3) is 0 Å². The van der Waals surface area contributed by atoms with Crippen molar-refractivity contribution in [3.05, 3.63) is 134 Å². The van der Waals surface area contributed by atoms with Crippen LogP contribution in [0.5, 0.6) is 0 Å². The first-order chi connectivity index (χ1) is 24.4. The van der Waals surface area contributed by atoms with E-state index in [1.807, 2.05) is 19.1 Å². The fourth-order valence-corrected chi connectivity index (χ4v) is 6.32. The Hall–Kier alpha value is -4.96. The van der Waals surface area contributed by atoms with Crippen molar-refractivity contribution in [2.45, 2.75) is 32.0 Å². The van der Waals surface area contributed by atoms with Crippen molar-refractivity contribution in [2.24, 2.45) is 5.92 Å². The Labute approximate surface area is 289 Å². The molecule has 2 aliphatic heterocycles. The van der Waals surface area contributed by atoms with E-state index in [1.54, 1.807) is 30.3 Å². The van der Waals surface area contributed by atoms with Gasteiger partial charge in [-0.3, -0.25) is 19.8 Å². The lowest BCUT2D eigenvalue weighted by Gasteiger charge is -2.44. The summed E-state index contributed by atoms with van der Waals surface area (Å²) in [7, 11) is 0.